The van der Waals surface area contributed by atoms with Crippen molar-refractivity contribution in [2.75, 3.05) is 0 Å². The second-order valence-corrected chi connectivity index (χ2v) is 5.88. The molecule has 0 atom stereocenters. The van der Waals surface area contributed by atoms with E-state index < -0.39 is 10.1 Å². The zero-order valence-electron chi connectivity index (χ0n) is 10.4. The van der Waals surface area contributed by atoms with E-state index >= 15 is 0 Å². The van der Waals surface area contributed by atoms with E-state index in [2.05, 4.69) is 0 Å². The molecule has 0 amide bonds. The van der Waals surface area contributed by atoms with E-state index in [9.17, 15) is 8.42 Å². The number of nitrogens with zero attached hydrogens (tertiary/aromatic N) is 2. The predicted octanol–water partition coefficient (Wildman–Crippen LogP) is 2.85. The van der Waals surface area contributed by atoms with Crippen LogP contribution in [0.5, 0.6) is 5.75 Å². The molecule has 21 heavy (non-hydrogen) atoms. The molecule has 0 bridgehead atoms. The fraction of sp³-hybridized carbons (Fsp3) is 0. The maximum Gasteiger partial charge on any atom is 0.339 e. The smallest absolute Gasteiger partial charge is 0.339 e. The third kappa shape index (κ3) is 3.32. The SMILES string of the molecule is N#Cc1ccc(S(=O)(=O)Oc2ccc(C#N)cc2Cl)cc1. The van der Waals surface area contributed by atoms with E-state index in [1.165, 1.54) is 42.5 Å². The normalized spacial score (nSPS) is 10.4. The van der Waals surface area contributed by atoms with Crippen LogP contribution < -0.4 is 4.18 Å². The van der Waals surface area contributed by atoms with E-state index in [1.54, 1.807) is 0 Å². The van der Waals surface area contributed by atoms with Crippen LogP contribution in [0.2, 0.25) is 5.02 Å². The zero-order valence-corrected chi connectivity index (χ0v) is 12.0. The van der Waals surface area contributed by atoms with Crippen LogP contribution in [0.15, 0.2) is 47.4 Å². The van der Waals surface area contributed by atoms with Crippen LogP contribution in [0.25, 0.3) is 0 Å². The molecule has 7 heteroatoms. The summed E-state index contributed by atoms with van der Waals surface area (Å²) in [6, 6.07) is 13.1. The van der Waals surface area contributed by atoms with Crippen LogP contribution in [0.3, 0.4) is 0 Å². The van der Waals surface area contributed by atoms with Gasteiger partial charge in [0.1, 0.15) is 4.90 Å². The fourth-order valence-corrected chi connectivity index (χ4v) is 2.71. The number of hydrogen-bond acceptors (Lipinski definition) is 5. The van der Waals surface area contributed by atoms with Gasteiger partial charge in [-0.3, -0.25) is 0 Å². The Hall–Kier alpha value is -2.54. The van der Waals surface area contributed by atoms with Crippen LogP contribution in [0.4, 0.5) is 0 Å². The Labute approximate surface area is 126 Å². The molecule has 104 valence electrons. The van der Waals surface area contributed by atoms with Gasteiger partial charge in [0, 0.05) is 0 Å². The Morgan fingerprint density at radius 3 is 2.05 bits per heavy atom. The second kappa shape index (κ2) is 5.84. The van der Waals surface area contributed by atoms with Crippen molar-refractivity contribution in [3.05, 3.63) is 58.6 Å². The molecular weight excluding hydrogens is 312 g/mol. The molecule has 0 radical (unpaired) electrons. The van der Waals surface area contributed by atoms with Crippen molar-refractivity contribution in [1.82, 2.24) is 0 Å². The van der Waals surface area contributed by atoms with Crippen LogP contribution in [-0.2, 0) is 10.1 Å². The van der Waals surface area contributed by atoms with Gasteiger partial charge in [0.05, 0.1) is 28.3 Å². The van der Waals surface area contributed by atoms with Crippen molar-refractivity contribution >= 4 is 21.7 Å². The minimum atomic E-state index is -4.06. The molecular formula is C14H7ClN2O3S. The first-order valence-corrected chi connectivity index (χ1v) is 7.39. The van der Waals surface area contributed by atoms with Gasteiger partial charge in [-0.1, -0.05) is 11.6 Å². The molecule has 0 aromatic heterocycles. The summed E-state index contributed by atoms with van der Waals surface area (Å²) in [6.45, 7) is 0. The minimum Gasteiger partial charge on any atom is -0.377 e. The molecule has 0 aliphatic rings. The van der Waals surface area contributed by atoms with Gasteiger partial charge in [-0.2, -0.15) is 18.9 Å². The predicted molar refractivity (Wildman–Crippen MR) is 75.1 cm³/mol. The summed E-state index contributed by atoms with van der Waals surface area (Å²) in [7, 11) is -4.06. The van der Waals surface area contributed by atoms with Crippen LogP contribution >= 0.6 is 11.6 Å². The van der Waals surface area contributed by atoms with Crippen LogP contribution in [-0.4, -0.2) is 8.42 Å². The van der Waals surface area contributed by atoms with Gasteiger partial charge in [0.2, 0.25) is 0 Å². The Balaban J connectivity index is 2.33. The first-order chi connectivity index (χ1) is 9.96. The zero-order chi connectivity index (χ0) is 15.5. The minimum absolute atomic E-state index is 0.0197. The van der Waals surface area contributed by atoms with Gasteiger partial charge < -0.3 is 4.18 Å². The summed E-state index contributed by atoms with van der Waals surface area (Å²) in [6.07, 6.45) is 0. The lowest BCUT2D eigenvalue weighted by Gasteiger charge is -2.08. The molecule has 0 N–H and O–H groups in total. The van der Waals surface area contributed by atoms with Crippen molar-refractivity contribution in [3.63, 3.8) is 0 Å². The molecule has 2 aromatic carbocycles. The second-order valence-electron chi connectivity index (χ2n) is 3.93. The summed E-state index contributed by atoms with van der Waals surface area (Å²) in [4.78, 5) is -0.0954. The first kappa shape index (κ1) is 14.9. The largest absolute Gasteiger partial charge is 0.377 e. The summed E-state index contributed by atoms with van der Waals surface area (Å²) in [5.41, 5.74) is 0.633. The standard InChI is InChI=1S/C14H7ClN2O3S/c15-13-7-11(9-17)3-6-14(13)20-21(18,19)12-4-1-10(8-16)2-5-12/h1-7H. The lowest BCUT2D eigenvalue weighted by Crippen LogP contribution is -2.10. The van der Waals surface area contributed by atoms with E-state index in [0.717, 1.165) is 0 Å². The maximum atomic E-state index is 12.1. The van der Waals surface area contributed by atoms with E-state index in [0.29, 0.717) is 11.1 Å². The highest BCUT2D eigenvalue weighted by Crippen LogP contribution is 2.28. The monoisotopic (exact) mass is 318 g/mol. The van der Waals surface area contributed by atoms with Crippen molar-refractivity contribution in [2.45, 2.75) is 4.90 Å². The number of halogens is 1. The lowest BCUT2D eigenvalue weighted by molar-refractivity contribution is 0.486. The molecule has 2 aromatic rings. The molecule has 2 rings (SSSR count). The average molecular weight is 319 g/mol. The van der Waals surface area contributed by atoms with Gasteiger partial charge in [-0.15, -0.1) is 0 Å². The fourth-order valence-electron chi connectivity index (χ4n) is 1.50. The highest BCUT2D eigenvalue weighted by atomic mass is 35.5. The third-order valence-electron chi connectivity index (χ3n) is 2.53. The quantitative estimate of drug-likeness (QED) is 0.811. The van der Waals surface area contributed by atoms with Gasteiger partial charge in [-0.25, -0.2) is 0 Å². The van der Waals surface area contributed by atoms with Crippen molar-refractivity contribution < 1.29 is 12.6 Å². The lowest BCUT2D eigenvalue weighted by atomic mass is 10.2. The Morgan fingerprint density at radius 2 is 1.52 bits per heavy atom. The highest BCUT2D eigenvalue weighted by Gasteiger charge is 2.18. The summed E-state index contributed by atoms with van der Waals surface area (Å²) >= 11 is 5.87. The molecule has 5 nitrogen and oxygen atoms in total. The van der Waals surface area contributed by atoms with Crippen LogP contribution in [0, 0.1) is 22.7 Å². The number of benzene rings is 2. The van der Waals surface area contributed by atoms with Gasteiger partial charge in [-0.05, 0) is 42.5 Å². The van der Waals surface area contributed by atoms with Crippen molar-refractivity contribution in [1.29, 1.82) is 10.5 Å². The Bertz CT molecular complexity index is 863. The van der Waals surface area contributed by atoms with E-state index in [4.69, 9.17) is 26.3 Å². The highest BCUT2D eigenvalue weighted by molar-refractivity contribution is 7.87. The number of nitriles is 2. The Kier molecular flexibility index (Phi) is 4.13. The molecule has 0 spiro atoms. The van der Waals surface area contributed by atoms with Gasteiger partial charge in [0.25, 0.3) is 0 Å². The Morgan fingerprint density at radius 1 is 0.952 bits per heavy atom. The number of hydrogen-bond donors (Lipinski definition) is 0. The summed E-state index contributed by atoms with van der Waals surface area (Å²) < 4.78 is 29.1. The van der Waals surface area contributed by atoms with Gasteiger partial charge in [0.15, 0.2) is 5.75 Å². The van der Waals surface area contributed by atoms with E-state index in [-0.39, 0.29) is 15.7 Å². The maximum absolute atomic E-state index is 12.1. The van der Waals surface area contributed by atoms with Crippen molar-refractivity contribution in [3.8, 4) is 17.9 Å². The molecule has 0 aliphatic heterocycles. The molecule has 0 unspecified atom stereocenters. The van der Waals surface area contributed by atoms with E-state index in [1.807, 2.05) is 12.1 Å². The van der Waals surface area contributed by atoms with Crippen LogP contribution in [0.1, 0.15) is 11.1 Å². The molecule has 0 aliphatic carbocycles. The average Bonchev–Trinajstić information content (AvgIpc) is 2.49. The molecule has 0 saturated heterocycles. The molecule has 0 fully saturated rings. The summed E-state index contributed by atoms with van der Waals surface area (Å²) in [5, 5.41) is 17.4. The first-order valence-electron chi connectivity index (χ1n) is 5.60. The van der Waals surface area contributed by atoms with Gasteiger partial charge >= 0.3 is 10.1 Å². The summed E-state index contributed by atoms with van der Waals surface area (Å²) in [5.74, 6) is -0.0694. The number of rotatable bonds is 3. The van der Waals surface area contributed by atoms with Crippen molar-refractivity contribution in [2.24, 2.45) is 0 Å². The topological polar surface area (TPSA) is 90.9 Å². The molecule has 0 saturated carbocycles. The molecule has 0 heterocycles. The third-order valence-corrected chi connectivity index (χ3v) is 4.08.